The van der Waals surface area contributed by atoms with Crippen molar-refractivity contribution in [2.45, 2.75) is 27.7 Å². The van der Waals surface area contributed by atoms with E-state index in [-0.39, 0.29) is 11.6 Å². The molecule has 0 radical (unpaired) electrons. The molecule has 0 aliphatic carbocycles. The standard InChI is InChI=1S/C24H22ClN3O2/c1-14-6-5-7-15(2)22(14)27-16(3)12-18(17(27)4)13-21-23(29)28(24(30)26-21)20-10-8-19(25)9-11-20/h5-13H,1-4H3,(H,26,30)/b21-13+. The van der Waals surface area contributed by atoms with Crippen molar-refractivity contribution in [3.63, 3.8) is 0 Å². The number of amides is 3. The summed E-state index contributed by atoms with van der Waals surface area (Å²) in [5.41, 5.74) is 7.17. The Balaban J connectivity index is 1.74. The molecule has 0 bridgehead atoms. The first-order chi connectivity index (χ1) is 14.3. The van der Waals surface area contributed by atoms with Crippen LogP contribution in [0.3, 0.4) is 0 Å². The number of aromatic nitrogens is 1. The van der Waals surface area contributed by atoms with Gasteiger partial charge in [-0.05, 0) is 80.8 Å². The lowest BCUT2D eigenvalue weighted by Gasteiger charge is -2.15. The summed E-state index contributed by atoms with van der Waals surface area (Å²) in [6.45, 7) is 8.23. The molecule has 2 heterocycles. The molecule has 1 aliphatic heterocycles. The van der Waals surface area contributed by atoms with Gasteiger partial charge in [0.1, 0.15) is 5.70 Å². The van der Waals surface area contributed by atoms with E-state index >= 15 is 0 Å². The van der Waals surface area contributed by atoms with E-state index in [9.17, 15) is 9.59 Å². The van der Waals surface area contributed by atoms with Crippen molar-refractivity contribution in [2.24, 2.45) is 0 Å². The third-order valence-corrected chi connectivity index (χ3v) is 5.65. The van der Waals surface area contributed by atoms with Gasteiger partial charge in [-0.3, -0.25) is 4.79 Å². The highest BCUT2D eigenvalue weighted by atomic mass is 35.5. The summed E-state index contributed by atoms with van der Waals surface area (Å²) in [5.74, 6) is -0.390. The molecule has 152 valence electrons. The Morgan fingerprint density at radius 2 is 1.57 bits per heavy atom. The van der Waals surface area contributed by atoms with Gasteiger partial charge in [0, 0.05) is 16.4 Å². The molecule has 1 N–H and O–H groups in total. The summed E-state index contributed by atoms with van der Waals surface area (Å²) in [7, 11) is 0. The van der Waals surface area contributed by atoms with Crippen molar-refractivity contribution in [1.82, 2.24) is 9.88 Å². The van der Waals surface area contributed by atoms with Gasteiger partial charge in [-0.2, -0.15) is 0 Å². The number of halogens is 1. The monoisotopic (exact) mass is 419 g/mol. The second-order valence-electron chi connectivity index (χ2n) is 7.51. The fourth-order valence-electron chi connectivity index (χ4n) is 3.95. The molecule has 2 aromatic carbocycles. The molecule has 1 aliphatic rings. The van der Waals surface area contributed by atoms with E-state index < -0.39 is 6.03 Å². The zero-order valence-corrected chi connectivity index (χ0v) is 18.0. The van der Waals surface area contributed by atoms with Gasteiger partial charge in [0.2, 0.25) is 0 Å². The molecule has 0 saturated carbocycles. The molecule has 30 heavy (non-hydrogen) atoms. The molecule has 0 spiro atoms. The lowest BCUT2D eigenvalue weighted by molar-refractivity contribution is -0.113. The Bertz CT molecular complexity index is 1190. The summed E-state index contributed by atoms with van der Waals surface area (Å²) in [6, 6.07) is 14.4. The first kappa shape index (κ1) is 20.0. The van der Waals surface area contributed by atoms with Crippen LogP contribution < -0.4 is 10.2 Å². The normalized spacial score (nSPS) is 15.2. The number of para-hydroxylation sites is 1. The molecular formula is C24H22ClN3O2. The number of nitrogens with zero attached hydrogens (tertiary/aromatic N) is 2. The van der Waals surface area contributed by atoms with Gasteiger partial charge in [0.15, 0.2) is 0 Å². The number of rotatable bonds is 3. The maximum atomic E-state index is 12.9. The van der Waals surface area contributed by atoms with Crippen LogP contribution in [0.25, 0.3) is 11.8 Å². The predicted octanol–water partition coefficient (Wildman–Crippen LogP) is 5.46. The number of nitrogens with one attached hydrogen (secondary N) is 1. The van der Waals surface area contributed by atoms with Crippen LogP contribution in [0.5, 0.6) is 0 Å². The number of imide groups is 1. The number of hydrogen-bond acceptors (Lipinski definition) is 2. The number of anilines is 1. The summed E-state index contributed by atoms with van der Waals surface area (Å²) in [5, 5.41) is 3.23. The van der Waals surface area contributed by atoms with Crippen LogP contribution in [-0.2, 0) is 4.79 Å². The topological polar surface area (TPSA) is 54.3 Å². The van der Waals surface area contributed by atoms with Crippen LogP contribution in [0.2, 0.25) is 5.02 Å². The zero-order valence-electron chi connectivity index (χ0n) is 17.3. The molecule has 0 atom stereocenters. The van der Waals surface area contributed by atoms with Gasteiger partial charge in [0.05, 0.1) is 11.4 Å². The summed E-state index contributed by atoms with van der Waals surface area (Å²) < 4.78 is 2.19. The zero-order chi connectivity index (χ0) is 21.6. The second-order valence-corrected chi connectivity index (χ2v) is 7.94. The molecule has 5 nitrogen and oxygen atoms in total. The SMILES string of the molecule is Cc1cccc(C)c1-n1c(C)cc(/C=C2/NC(=O)N(c3ccc(Cl)cc3)C2=O)c1C. The van der Waals surface area contributed by atoms with E-state index in [4.69, 9.17) is 11.6 Å². The first-order valence-corrected chi connectivity index (χ1v) is 10.0. The molecule has 1 fully saturated rings. The minimum absolute atomic E-state index is 0.247. The highest BCUT2D eigenvalue weighted by molar-refractivity contribution is 6.31. The molecule has 3 aromatic rings. The van der Waals surface area contributed by atoms with Crippen molar-refractivity contribution in [1.29, 1.82) is 0 Å². The average Bonchev–Trinajstić information content (AvgIpc) is 3.12. The predicted molar refractivity (Wildman–Crippen MR) is 120 cm³/mol. The number of carbonyl (C=O) groups is 2. The number of benzene rings is 2. The van der Waals surface area contributed by atoms with Gasteiger partial charge in [0.25, 0.3) is 5.91 Å². The fraction of sp³-hybridized carbons (Fsp3) is 0.167. The number of aryl methyl sites for hydroxylation is 3. The Hall–Kier alpha value is -3.31. The molecule has 4 rings (SSSR count). The van der Waals surface area contributed by atoms with Crippen molar-refractivity contribution < 1.29 is 9.59 Å². The highest BCUT2D eigenvalue weighted by Crippen LogP contribution is 2.29. The molecule has 0 unspecified atom stereocenters. The largest absolute Gasteiger partial charge is 0.333 e. The maximum absolute atomic E-state index is 12.9. The maximum Gasteiger partial charge on any atom is 0.333 e. The van der Waals surface area contributed by atoms with E-state index in [1.807, 2.05) is 26.0 Å². The van der Waals surface area contributed by atoms with Gasteiger partial charge in [-0.15, -0.1) is 0 Å². The molecule has 6 heteroatoms. The molecule has 1 saturated heterocycles. The van der Waals surface area contributed by atoms with Crippen LogP contribution >= 0.6 is 11.6 Å². The third kappa shape index (κ3) is 3.31. The van der Waals surface area contributed by atoms with Crippen molar-refractivity contribution in [3.05, 3.63) is 87.3 Å². The van der Waals surface area contributed by atoms with Gasteiger partial charge in [-0.25, -0.2) is 9.69 Å². The average molecular weight is 420 g/mol. The summed E-state index contributed by atoms with van der Waals surface area (Å²) >= 11 is 5.92. The Morgan fingerprint density at radius 1 is 0.933 bits per heavy atom. The van der Waals surface area contributed by atoms with Crippen molar-refractivity contribution in [3.8, 4) is 5.69 Å². The minimum Gasteiger partial charge on any atom is -0.317 e. The van der Waals surface area contributed by atoms with E-state index in [0.29, 0.717) is 10.7 Å². The first-order valence-electron chi connectivity index (χ1n) is 9.66. The second kappa shape index (κ2) is 7.50. The van der Waals surface area contributed by atoms with E-state index in [1.165, 1.54) is 11.1 Å². The van der Waals surface area contributed by atoms with Gasteiger partial charge in [-0.1, -0.05) is 29.8 Å². The molecule has 3 amide bonds. The van der Waals surface area contributed by atoms with Gasteiger partial charge < -0.3 is 9.88 Å². The third-order valence-electron chi connectivity index (χ3n) is 5.40. The van der Waals surface area contributed by atoms with E-state index in [0.717, 1.165) is 27.5 Å². The lowest BCUT2D eigenvalue weighted by Crippen LogP contribution is -2.30. The minimum atomic E-state index is -0.475. The van der Waals surface area contributed by atoms with Crippen LogP contribution in [0.1, 0.15) is 28.1 Å². The Morgan fingerprint density at radius 3 is 2.20 bits per heavy atom. The van der Waals surface area contributed by atoms with Crippen LogP contribution in [0.4, 0.5) is 10.5 Å². The molecule has 1 aromatic heterocycles. The Kier molecular flexibility index (Phi) is 5.00. The smallest absolute Gasteiger partial charge is 0.317 e. The van der Waals surface area contributed by atoms with E-state index in [1.54, 1.807) is 30.3 Å². The van der Waals surface area contributed by atoms with Gasteiger partial charge >= 0.3 is 6.03 Å². The van der Waals surface area contributed by atoms with E-state index in [2.05, 4.69) is 35.9 Å². The quantitative estimate of drug-likeness (QED) is 0.452. The summed E-state index contributed by atoms with van der Waals surface area (Å²) in [6.07, 6.45) is 1.74. The highest BCUT2D eigenvalue weighted by Gasteiger charge is 2.35. The summed E-state index contributed by atoms with van der Waals surface area (Å²) in [4.78, 5) is 26.5. The lowest BCUT2D eigenvalue weighted by atomic mass is 10.1. The van der Waals surface area contributed by atoms with Crippen LogP contribution in [-0.4, -0.2) is 16.5 Å². The van der Waals surface area contributed by atoms with Crippen LogP contribution in [0, 0.1) is 27.7 Å². The van der Waals surface area contributed by atoms with Crippen molar-refractivity contribution in [2.75, 3.05) is 4.90 Å². The molecular weight excluding hydrogens is 398 g/mol. The fourth-order valence-corrected chi connectivity index (χ4v) is 4.08. The van der Waals surface area contributed by atoms with Crippen LogP contribution in [0.15, 0.2) is 54.2 Å². The number of carbonyl (C=O) groups excluding carboxylic acids is 2. The number of hydrogen-bond donors (Lipinski definition) is 1. The number of urea groups is 1. The Labute approximate surface area is 180 Å². The van der Waals surface area contributed by atoms with Crippen molar-refractivity contribution >= 4 is 35.3 Å².